The molecule has 0 fully saturated rings. The first-order chi connectivity index (χ1) is 2.00. The first-order valence-corrected chi connectivity index (χ1v) is 2.68. The molecule has 0 bridgehead atoms. The zero-order valence-corrected chi connectivity index (χ0v) is 3.29. The summed E-state index contributed by atoms with van der Waals surface area (Å²) in [5.41, 5.74) is 0. The predicted octanol–water partition coefficient (Wildman–Crippen LogP) is -5.36. The summed E-state index contributed by atoms with van der Waals surface area (Å²) in [7, 11) is -4.61. The van der Waals surface area contributed by atoms with E-state index in [4.69, 9.17) is 19.2 Å². The second-order valence-electron chi connectivity index (χ2n) is 0.600. The third kappa shape index (κ3) is 64.2. The topological polar surface area (TPSA) is 80.9 Å². The van der Waals surface area contributed by atoms with Crippen LogP contribution in [0.25, 0.3) is 0 Å². The normalized spacial score (nSPS) is 7.50. The van der Waals surface area contributed by atoms with Crippen molar-refractivity contribution in [3.05, 3.63) is 0 Å². The smallest absolute Gasteiger partial charge is 0.316 e. The molecule has 4 N–H and O–H groups in total. The molecule has 0 aromatic carbocycles. The van der Waals surface area contributed by atoms with Gasteiger partial charge in [-0.05, 0) is 0 Å². The molecule has 0 aliphatic heterocycles. The Bertz CT molecular complexity index is 31.5. The van der Waals surface area contributed by atoms with Gasteiger partial charge < -0.3 is 19.2 Å². The Morgan fingerprint density at radius 2 is 0.875 bits per heavy atom. The van der Waals surface area contributed by atoms with Crippen molar-refractivity contribution in [2.24, 2.45) is 0 Å². The zero-order valence-electron chi connectivity index (χ0n) is 2.29. The van der Waals surface area contributed by atoms with Crippen molar-refractivity contribution in [3.63, 3.8) is 0 Å². The summed E-state index contributed by atoms with van der Waals surface area (Å²) in [5, 5.41) is 0. The van der Waals surface area contributed by atoms with Gasteiger partial charge in [-0.1, -0.05) is 0 Å². The van der Waals surface area contributed by atoms with Crippen LogP contribution < -0.4 is 0 Å². The summed E-state index contributed by atoms with van der Waals surface area (Å²) in [4.78, 5) is 29.3. The van der Waals surface area contributed by atoms with Gasteiger partial charge in [0.05, 0.1) is 0 Å². The van der Waals surface area contributed by atoms with Gasteiger partial charge in [-0.25, -0.2) is 0 Å². The fourth-order valence-corrected chi connectivity index (χ4v) is 0. The molecule has 0 spiro atoms. The van der Waals surface area contributed by atoms with Crippen molar-refractivity contribution in [2.45, 2.75) is 0 Å². The van der Waals surface area contributed by atoms with Gasteiger partial charge in [-0.3, -0.25) is 0 Å². The van der Waals surface area contributed by atoms with Crippen LogP contribution in [-0.4, -0.2) is 120 Å². The van der Waals surface area contributed by atoms with E-state index >= 15 is 0 Å². The fourth-order valence-electron chi connectivity index (χ4n) is 0. The molecule has 0 aromatic rings. The maximum absolute atomic E-state index is 7.33. The average molecular weight is 193 g/mol. The van der Waals surface area contributed by atoms with Gasteiger partial charge in [0.1, 0.15) is 0 Å². The third-order valence-corrected chi connectivity index (χ3v) is 0. The van der Waals surface area contributed by atoms with E-state index < -0.39 is 9.05 Å². The molecular formula is H10AlKMgO4Si. The Labute approximate surface area is 117 Å². The molecule has 0 rings (SSSR count). The van der Waals surface area contributed by atoms with Gasteiger partial charge in [0, 0.05) is 0 Å². The van der Waals surface area contributed by atoms with Crippen LogP contribution in [0, 0.1) is 0 Å². The molecule has 0 aromatic heterocycles. The quantitative estimate of drug-likeness (QED) is 0.289. The summed E-state index contributed by atoms with van der Waals surface area (Å²) < 4.78 is 0. The van der Waals surface area contributed by atoms with Crippen LogP contribution in [-0.2, 0) is 0 Å². The molecule has 8 heteroatoms. The number of hydrogen-bond donors (Lipinski definition) is 4. The van der Waals surface area contributed by atoms with E-state index in [0.29, 0.717) is 0 Å². The van der Waals surface area contributed by atoms with Crippen LogP contribution in [0.4, 0.5) is 0 Å². The third-order valence-electron chi connectivity index (χ3n) is 0. The second kappa shape index (κ2) is 9.99. The van der Waals surface area contributed by atoms with E-state index in [1.54, 1.807) is 0 Å². The van der Waals surface area contributed by atoms with Gasteiger partial charge in [-0.15, -0.1) is 0 Å². The van der Waals surface area contributed by atoms with E-state index in [9.17, 15) is 0 Å². The molecule has 0 saturated carbocycles. The Balaban J connectivity index is -0.0000000267. The maximum Gasteiger partial charge on any atom is 0.316 e. The molecule has 0 aliphatic rings. The molecule has 8 heavy (non-hydrogen) atoms. The van der Waals surface area contributed by atoms with E-state index in [-0.39, 0.29) is 91.8 Å². The molecule has 0 aliphatic carbocycles. The van der Waals surface area contributed by atoms with Crippen LogP contribution in [0.1, 0.15) is 0 Å². The van der Waals surface area contributed by atoms with E-state index in [2.05, 4.69) is 0 Å². The fraction of sp³-hybridized carbons (Fsp3) is 0. The Morgan fingerprint density at radius 3 is 0.875 bits per heavy atom. The van der Waals surface area contributed by atoms with Crippen molar-refractivity contribution in [3.8, 4) is 0 Å². The minimum Gasteiger partial charge on any atom is 0.316 e. The van der Waals surface area contributed by atoms with Gasteiger partial charge in [0.2, 0.25) is 0 Å². The largest absolute Gasteiger partial charge is 0.316 e. The van der Waals surface area contributed by atoms with E-state index in [1.807, 2.05) is 0 Å². The molecule has 0 heterocycles. The molecule has 0 saturated heterocycles. The molecular weight excluding hydrogens is 182 g/mol. The van der Waals surface area contributed by atoms with Crippen molar-refractivity contribution >= 4 is 101 Å². The predicted molar refractivity (Wildman–Crippen MR) is 40.3 cm³/mol. The molecule has 44 valence electrons. The summed E-state index contributed by atoms with van der Waals surface area (Å²) in [5.74, 6) is 0. The average Bonchev–Trinajstić information content (AvgIpc) is 0.722. The summed E-state index contributed by atoms with van der Waals surface area (Å²) >= 11 is 0. The van der Waals surface area contributed by atoms with Crippen LogP contribution in [0.2, 0.25) is 0 Å². The van der Waals surface area contributed by atoms with Gasteiger partial charge in [0.15, 0.2) is 17.4 Å². The molecule has 0 amide bonds. The van der Waals surface area contributed by atoms with Crippen molar-refractivity contribution in [1.29, 1.82) is 0 Å². The van der Waals surface area contributed by atoms with E-state index in [1.165, 1.54) is 0 Å². The Hall–Kier alpha value is 2.99. The Kier molecular flexibility index (Phi) is 28.0. The monoisotopic (exact) mass is 192 g/mol. The molecule has 0 unspecified atom stereocenters. The second-order valence-corrected chi connectivity index (χ2v) is 1.80. The van der Waals surface area contributed by atoms with Crippen molar-refractivity contribution < 1.29 is 19.2 Å². The molecule has 0 radical (unpaired) electrons. The summed E-state index contributed by atoms with van der Waals surface area (Å²) in [6, 6.07) is 0. The molecule has 4 nitrogen and oxygen atoms in total. The van der Waals surface area contributed by atoms with E-state index in [0.717, 1.165) is 0 Å². The zero-order chi connectivity index (χ0) is 4.50. The van der Waals surface area contributed by atoms with Crippen molar-refractivity contribution in [2.75, 3.05) is 0 Å². The Morgan fingerprint density at radius 1 is 0.875 bits per heavy atom. The standard InChI is InChI=1S/Al.K.Mg.H4O4Si.6H/c;;;1-5(2,3)4;;;;;;/h;;;1-4H;;;;;;. The number of hydrogen-bond acceptors (Lipinski definition) is 4. The van der Waals surface area contributed by atoms with Crippen LogP contribution in [0.3, 0.4) is 0 Å². The maximum atomic E-state index is 7.33. The number of rotatable bonds is 0. The SMILES string of the molecule is O[Si](O)(O)O.[AlH3].[KH].[MgH2]. The van der Waals surface area contributed by atoms with Gasteiger partial charge in [-0.2, -0.15) is 0 Å². The van der Waals surface area contributed by atoms with Crippen LogP contribution in [0.15, 0.2) is 0 Å². The minimum absolute atomic E-state index is 0. The van der Waals surface area contributed by atoms with Crippen LogP contribution >= 0.6 is 0 Å². The molecule has 0 atom stereocenters. The van der Waals surface area contributed by atoms with Gasteiger partial charge >= 0.3 is 83.5 Å². The minimum atomic E-state index is -4.61. The van der Waals surface area contributed by atoms with Crippen molar-refractivity contribution in [1.82, 2.24) is 0 Å². The first kappa shape index (κ1) is 22.4. The summed E-state index contributed by atoms with van der Waals surface area (Å²) in [6.07, 6.45) is 0. The summed E-state index contributed by atoms with van der Waals surface area (Å²) in [6.45, 7) is 0. The first-order valence-electron chi connectivity index (χ1n) is 0.894. The van der Waals surface area contributed by atoms with Gasteiger partial charge in [0.25, 0.3) is 0 Å². The van der Waals surface area contributed by atoms with Crippen LogP contribution in [0.5, 0.6) is 0 Å².